The average molecular weight is 459 g/mol. The van der Waals surface area contributed by atoms with Crippen LogP contribution in [0.25, 0.3) is 0 Å². The van der Waals surface area contributed by atoms with Gasteiger partial charge in [0.25, 0.3) is 0 Å². The van der Waals surface area contributed by atoms with Gasteiger partial charge in [-0.05, 0) is 0 Å². The van der Waals surface area contributed by atoms with Gasteiger partial charge in [0.1, 0.15) is 0 Å². The quantitative estimate of drug-likeness (QED) is 0.593. The zero-order chi connectivity index (χ0) is 17.4. The maximum atomic E-state index is 8.60. The molecule has 0 aromatic heterocycles. The zero-order valence-electron chi connectivity index (χ0n) is 12.6. The van der Waals surface area contributed by atoms with Crippen LogP contribution in [-0.2, 0) is 0 Å². The first-order valence-electron chi connectivity index (χ1n) is 6.93. The molecule has 0 aliphatic carbocycles. The molecule has 0 radical (unpaired) electrons. The molecule has 0 aliphatic heterocycles. The van der Waals surface area contributed by atoms with Crippen molar-refractivity contribution >= 4 is 19.8 Å². The molecule has 0 unspecified atom stereocenters. The van der Waals surface area contributed by atoms with Crippen LogP contribution in [0.1, 0.15) is 0 Å². The van der Waals surface area contributed by atoms with Crippen LogP contribution < -0.4 is 14.0 Å². The van der Waals surface area contributed by atoms with Crippen LogP contribution in [0.5, 0.6) is 0 Å². The van der Waals surface area contributed by atoms with Crippen LogP contribution in [-0.4, -0.2) is 4.66 Å². The normalized spacial score (nSPS) is 11.2. The first-order chi connectivity index (χ1) is 11.4. The second-order valence-electron chi connectivity index (χ2n) is 4.57. The van der Waals surface area contributed by atoms with Gasteiger partial charge in [0.2, 0.25) is 0 Å². The summed E-state index contributed by atoms with van der Waals surface area (Å²) in [4.78, 5) is 0. The molecule has 6 heteroatoms. The van der Waals surface area contributed by atoms with E-state index in [1.54, 1.807) is 0 Å². The predicted molar refractivity (Wildman–Crippen MR) is 91.7 cm³/mol. The fraction of sp³-hybridized carbons (Fsp3) is 0. The molecular weight excluding hydrogens is 443 g/mol. The molecule has 3 rings (SSSR count). The van der Waals surface area contributed by atoms with Crippen molar-refractivity contribution in [3.63, 3.8) is 0 Å². The van der Waals surface area contributed by atoms with Gasteiger partial charge in [-0.2, -0.15) is 14.0 Å². The molecule has 0 aliphatic rings. The van der Waals surface area contributed by atoms with Crippen molar-refractivity contribution in [2.24, 2.45) is 0 Å². The number of halogens is 2. The second kappa shape index (κ2) is 9.12. The third kappa shape index (κ3) is 6.56. The minimum atomic E-state index is -4.69. The van der Waals surface area contributed by atoms with Crippen LogP contribution in [0, 0.1) is 21.0 Å². The maximum absolute atomic E-state index is 8.60. The molecule has 0 saturated carbocycles. The Kier molecular flexibility index (Phi) is 7.16. The minimum absolute atomic E-state index is 1.49. The topological polar surface area (TPSA) is 89.4 Å². The summed E-state index contributed by atoms with van der Waals surface area (Å²) in [5, 5.41) is 0. The van der Waals surface area contributed by atoms with Crippen molar-refractivity contribution in [2.45, 2.75) is 0 Å². The number of hydrogen-bond acceptors (Lipinski definition) is 4. The van der Waals surface area contributed by atoms with Gasteiger partial charge >= 0.3 is 122 Å². The van der Waals surface area contributed by atoms with Crippen molar-refractivity contribution in [3.05, 3.63) is 102 Å². The van der Waals surface area contributed by atoms with Crippen LogP contribution >= 0.6 is 19.8 Å². The Labute approximate surface area is 150 Å². The molecule has 0 fully saturated rings. The summed E-state index contributed by atoms with van der Waals surface area (Å²) in [7, 11) is -4.69. The molecule has 24 heavy (non-hydrogen) atoms. The molecule has 0 heterocycles. The van der Waals surface area contributed by atoms with E-state index in [4.69, 9.17) is 18.6 Å². The molecule has 0 spiro atoms. The van der Waals surface area contributed by atoms with Crippen LogP contribution in [0.2, 0.25) is 0 Å². The summed E-state index contributed by atoms with van der Waals surface area (Å²) in [5.41, 5.74) is 0. The van der Waals surface area contributed by atoms with E-state index in [2.05, 4.69) is 91.0 Å². The molecule has 0 amide bonds. The summed E-state index contributed by atoms with van der Waals surface area (Å²) in [6, 6.07) is 32.8. The van der Waals surface area contributed by atoms with Gasteiger partial charge in [0.05, 0.1) is 14.9 Å². The Morgan fingerprint density at radius 3 is 0.958 bits per heavy atom. The van der Waals surface area contributed by atoms with E-state index in [0.717, 1.165) is 0 Å². The first-order valence-corrected chi connectivity index (χ1v) is 11.4. The van der Waals surface area contributed by atoms with Crippen LogP contribution in [0.4, 0.5) is 0 Å². The van der Waals surface area contributed by atoms with Crippen LogP contribution in [0.3, 0.4) is 0 Å². The fourth-order valence-electron chi connectivity index (χ4n) is 2.00. The van der Waals surface area contributed by atoms with Gasteiger partial charge < -0.3 is 0 Å². The van der Waals surface area contributed by atoms with E-state index in [9.17, 15) is 0 Å². The SMILES string of the molecule is [O-][Cl+3]([O-])([O-])O.c1ccc(I(c2ccccc2)c2ccccc2)cc1. The van der Waals surface area contributed by atoms with Gasteiger partial charge in [-0.15, -0.1) is 0 Å². The van der Waals surface area contributed by atoms with Gasteiger partial charge in [-0.25, -0.2) is 0 Å². The van der Waals surface area contributed by atoms with E-state index in [1.165, 1.54) is 10.7 Å². The van der Waals surface area contributed by atoms with Crippen molar-refractivity contribution in [1.29, 1.82) is 0 Å². The van der Waals surface area contributed by atoms with Crippen molar-refractivity contribution in [1.82, 2.24) is 0 Å². The summed E-state index contributed by atoms with van der Waals surface area (Å²) >= 11 is -1.52. The van der Waals surface area contributed by atoms with Crippen molar-refractivity contribution < 1.29 is 28.9 Å². The molecule has 1 N–H and O–H groups in total. The summed E-state index contributed by atoms with van der Waals surface area (Å²) in [5.74, 6) is 0. The summed E-state index contributed by atoms with van der Waals surface area (Å²) < 4.78 is 37.2. The Morgan fingerprint density at radius 1 is 0.542 bits per heavy atom. The molecule has 0 bridgehead atoms. The molecule has 3 aromatic rings. The Balaban J connectivity index is 0.000000368. The van der Waals surface area contributed by atoms with E-state index in [-0.39, 0.29) is 0 Å². The molecule has 0 atom stereocenters. The summed E-state index contributed by atoms with van der Waals surface area (Å²) in [6.45, 7) is 0. The first kappa shape index (κ1) is 18.9. The zero-order valence-corrected chi connectivity index (χ0v) is 15.5. The standard InChI is InChI=1S/C18H15I.ClHO4/c1-4-10-16(11-5-1)19(17-12-6-2-7-13-17)18-14-8-3-9-15-18;2-1(3,4)5/h1-15H;(H,2,3,4,5). The third-order valence-corrected chi connectivity index (χ3v) is 8.75. The van der Waals surface area contributed by atoms with E-state index in [0.29, 0.717) is 0 Å². The van der Waals surface area contributed by atoms with Crippen LogP contribution in [0.15, 0.2) is 91.0 Å². The Bertz CT molecular complexity index is 618. The Morgan fingerprint density at radius 2 is 0.750 bits per heavy atom. The second-order valence-corrected chi connectivity index (χ2v) is 10.7. The van der Waals surface area contributed by atoms with Crippen molar-refractivity contribution in [3.8, 4) is 0 Å². The monoisotopic (exact) mass is 458 g/mol. The third-order valence-electron chi connectivity index (χ3n) is 2.85. The van der Waals surface area contributed by atoms with Crippen molar-refractivity contribution in [2.75, 3.05) is 0 Å². The average Bonchev–Trinajstić information content (AvgIpc) is 2.57. The number of rotatable bonds is 3. The van der Waals surface area contributed by atoms with Gasteiger partial charge in [0.15, 0.2) is 0 Å². The predicted octanol–water partition coefficient (Wildman–Crippen LogP) is 0.978. The summed E-state index contributed by atoms with van der Waals surface area (Å²) in [6.07, 6.45) is 0. The Hall–Kier alpha value is -1.48. The van der Waals surface area contributed by atoms with Gasteiger partial charge in [-0.1, -0.05) is 0 Å². The molecule has 0 saturated heterocycles. The molecule has 4 nitrogen and oxygen atoms in total. The van der Waals surface area contributed by atoms with Gasteiger partial charge in [0, 0.05) is 0 Å². The fourth-order valence-corrected chi connectivity index (χ4v) is 7.56. The molecule has 3 aromatic carbocycles. The molecular formula is C18H16ClIO4. The number of hydrogen-bond donors (Lipinski definition) is 1. The van der Waals surface area contributed by atoms with E-state index < -0.39 is 30.1 Å². The number of benzene rings is 3. The van der Waals surface area contributed by atoms with E-state index in [1.807, 2.05) is 0 Å². The molecule has 126 valence electrons. The van der Waals surface area contributed by atoms with Gasteiger partial charge in [-0.3, -0.25) is 0 Å². The van der Waals surface area contributed by atoms with E-state index >= 15 is 0 Å².